The smallest absolute Gasteiger partial charge is 0.262 e. The van der Waals surface area contributed by atoms with Crippen LogP contribution in [-0.2, 0) is 14.8 Å². The molecule has 3 N–H and O–H groups in total. The van der Waals surface area contributed by atoms with Gasteiger partial charge in [0.25, 0.3) is 11.5 Å². The number of thiophene rings is 1. The maximum Gasteiger partial charge on any atom is 0.262 e. The number of fused-ring (bicyclic) bond motifs is 1. The van der Waals surface area contributed by atoms with Crippen LogP contribution >= 0.6 is 23.1 Å². The van der Waals surface area contributed by atoms with Gasteiger partial charge in [0.15, 0.2) is 10.8 Å². The Hall–Kier alpha value is -4.18. The minimum absolute atomic E-state index is 0.0657. The Morgan fingerprint density at radius 1 is 1.15 bits per heavy atom. The number of carbonyl (C=O) groups is 1. The van der Waals surface area contributed by atoms with Crippen LogP contribution in [0.25, 0.3) is 16.7 Å². The van der Waals surface area contributed by atoms with Crippen LogP contribution in [0.2, 0.25) is 0 Å². The second-order valence-corrected chi connectivity index (χ2v) is 12.5. The fourth-order valence-electron chi connectivity index (χ4n) is 4.41. The van der Waals surface area contributed by atoms with E-state index in [1.165, 1.54) is 63.6 Å². The third-order valence-electron chi connectivity index (χ3n) is 6.38. The molecule has 3 aromatic heterocycles. The van der Waals surface area contributed by atoms with Crippen molar-refractivity contribution in [2.75, 3.05) is 5.75 Å². The number of hydrogen-bond acceptors (Lipinski definition) is 9. The number of nitrogens with one attached hydrogen (secondary N) is 1. The lowest BCUT2D eigenvalue weighted by atomic mass is 10.0. The standard InChI is InChI=1S/C26H20FN7O4S3/c27-16-5-3-15(4-6-16)21-12-20(22-2-1-11-39-22)32-34(21)23(35)14-40-26-30-24-19(25(36)31-26)13-29-33(24)17-7-9-18(10-8-17)41(28,37)38/h1-11,13,21H,12,14H2,(H2,28,37,38)(H,30,31,36)/t21-/m0/s1. The number of hydrogen-bond donors (Lipinski definition) is 2. The fraction of sp³-hybridized carbons (Fsp3) is 0.115. The van der Waals surface area contributed by atoms with Crippen LogP contribution in [0.1, 0.15) is 22.9 Å². The number of amides is 1. The predicted octanol–water partition coefficient (Wildman–Crippen LogP) is 3.43. The van der Waals surface area contributed by atoms with Crippen molar-refractivity contribution in [3.8, 4) is 5.69 Å². The zero-order chi connectivity index (χ0) is 28.7. The van der Waals surface area contributed by atoms with Crippen molar-refractivity contribution in [3.63, 3.8) is 0 Å². The zero-order valence-corrected chi connectivity index (χ0v) is 23.4. The van der Waals surface area contributed by atoms with Gasteiger partial charge in [-0.1, -0.05) is 30.0 Å². The molecular weight excluding hydrogens is 590 g/mol. The molecule has 5 aromatic rings. The molecule has 1 amide bonds. The highest BCUT2D eigenvalue weighted by molar-refractivity contribution is 7.99. The van der Waals surface area contributed by atoms with E-state index in [2.05, 4.69) is 20.2 Å². The first-order valence-corrected chi connectivity index (χ1v) is 15.5. The maximum absolute atomic E-state index is 13.6. The van der Waals surface area contributed by atoms with E-state index >= 15 is 0 Å². The van der Waals surface area contributed by atoms with Gasteiger partial charge >= 0.3 is 0 Å². The van der Waals surface area contributed by atoms with Crippen LogP contribution in [0.3, 0.4) is 0 Å². The van der Waals surface area contributed by atoms with Crippen molar-refractivity contribution in [3.05, 3.63) is 98.9 Å². The second kappa shape index (κ2) is 10.7. The molecule has 15 heteroatoms. The van der Waals surface area contributed by atoms with E-state index in [0.717, 1.165) is 27.9 Å². The zero-order valence-electron chi connectivity index (χ0n) is 21.0. The maximum atomic E-state index is 13.6. The van der Waals surface area contributed by atoms with E-state index < -0.39 is 21.6 Å². The second-order valence-electron chi connectivity index (χ2n) is 9.03. The Balaban J connectivity index is 1.26. The molecule has 11 nitrogen and oxygen atoms in total. The lowest BCUT2D eigenvalue weighted by Crippen LogP contribution is -2.28. The van der Waals surface area contributed by atoms with Crippen LogP contribution in [-0.4, -0.2) is 50.5 Å². The highest BCUT2D eigenvalue weighted by Crippen LogP contribution is 2.34. The number of sulfonamides is 1. The number of primary sulfonamides is 1. The largest absolute Gasteiger partial charge is 0.301 e. The molecule has 0 saturated heterocycles. The van der Waals surface area contributed by atoms with Crippen molar-refractivity contribution >= 4 is 55.8 Å². The number of aromatic nitrogens is 4. The number of H-pyrrole nitrogens is 1. The molecule has 1 aliphatic rings. The predicted molar refractivity (Wildman–Crippen MR) is 153 cm³/mol. The first-order chi connectivity index (χ1) is 19.7. The van der Waals surface area contributed by atoms with E-state index in [-0.39, 0.29) is 38.6 Å². The molecule has 41 heavy (non-hydrogen) atoms. The normalized spacial score (nSPS) is 15.4. The van der Waals surface area contributed by atoms with Crippen molar-refractivity contribution < 1.29 is 17.6 Å². The van der Waals surface area contributed by atoms with Crippen LogP contribution in [0.4, 0.5) is 4.39 Å². The van der Waals surface area contributed by atoms with E-state index in [1.54, 1.807) is 12.1 Å². The van der Waals surface area contributed by atoms with Gasteiger partial charge in [-0.15, -0.1) is 11.3 Å². The molecule has 0 saturated carbocycles. The summed E-state index contributed by atoms with van der Waals surface area (Å²) in [6.45, 7) is 0. The van der Waals surface area contributed by atoms with Gasteiger partial charge in [-0.3, -0.25) is 9.59 Å². The van der Waals surface area contributed by atoms with Gasteiger partial charge in [0.1, 0.15) is 11.2 Å². The number of rotatable bonds is 7. The number of benzene rings is 2. The summed E-state index contributed by atoms with van der Waals surface area (Å²) < 4.78 is 38.1. The summed E-state index contributed by atoms with van der Waals surface area (Å²) in [5, 5.41) is 17.8. The molecule has 0 bridgehead atoms. The van der Waals surface area contributed by atoms with Crippen molar-refractivity contribution in [2.24, 2.45) is 10.2 Å². The quantitative estimate of drug-likeness (QED) is 0.211. The van der Waals surface area contributed by atoms with Crippen LogP contribution in [0.15, 0.2) is 92.2 Å². The Bertz CT molecular complexity index is 1950. The topological polar surface area (TPSA) is 156 Å². The monoisotopic (exact) mass is 609 g/mol. The summed E-state index contributed by atoms with van der Waals surface area (Å²) in [5.74, 6) is -0.764. The van der Waals surface area contributed by atoms with Crippen LogP contribution in [0, 0.1) is 5.82 Å². The van der Waals surface area contributed by atoms with E-state index in [0.29, 0.717) is 12.1 Å². The number of nitrogens with zero attached hydrogens (tertiary/aromatic N) is 5. The number of aromatic amines is 1. The van der Waals surface area contributed by atoms with Gasteiger partial charge in [-0.05, 0) is 53.4 Å². The summed E-state index contributed by atoms with van der Waals surface area (Å²) >= 11 is 2.56. The third kappa shape index (κ3) is 5.44. The Morgan fingerprint density at radius 2 is 1.90 bits per heavy atom. The highest BCUT2D eigenvalue weighted by atomic mass is 32.2. The fourth-order valence-corrected chi connectivity index (χ4v) is 6.35. The molecule has 6 rings (SSSR count). The van der Waals surface area contributed by atoms with Crippen molar-refractivity contribution in [2.45, 2.75) is 22.5 Å². The number of halogens is 1. The van der Waals surface area contributed by atoms with Gasteiger partial charge in [0.05, 0.1) is 39.2 Å². The molecule has 0 aliphatic carbocycles. The minimum atomic E-state index is -3.87. The summed E-state index contributed by atoms with van der Waals surface area (Å²) in [7, 11) is -3.87. The average molecular weight is 610 g/mol. The third-order valence-corrected chi connectivity index (χ3v) is 9.09. The van der Waals surface area contributed by atoms with Crippen molar-refractivity contribution in [1.82, 2.24) is 24.8 Å². The Morgan fingerprint density at radius 3 is 2.59 bits per heavy atom. The lowest BCUT2D eigenvalue weighted by molar-refractivity contribution is -0.130. The van der Waals surface area contributed by atoms with E-state index in [9.17, 15) is 22.4 Å². The molecule has 1 aliphatic heterocycles. The summed E-state index contributed by atoms with van der Waals surface area (Å²) in [5.41, 5.74) is 1.77. The van der Waals surface area contributed by atoms with Gasteiger partial charge in [0, 0.05) is 6.42 Å². The SMILES string of the molecule is NS(=O)(=O)c1ccc(-n2ncc3c(=O)[nH]c(SCC(=O)N4N=C(c5cccs5)C[C@H]4c4ccc(F)cc4)nc32)cc1. The lowest BCUT2D eigenvalue weighted by Gasteiger charge is -2.21. The van der Waals surface area contributed by atoms with Crippen LogP contribution < -0.4 is 10.7 Å². The van der Waals surface area contributed by atoms with Gasteiger partial charge < -0.3 is 4.98 Å². The highest BCUT2D eigenvalue weighted by Gasteiger charge is 2.33. The van der Waals surface area contributed by atoms with Gasteiger partial charge in [-0.2, -0.15) is 10.2 Å². The van der Waals surface area contributed by atoms with Gasteiger partial charge in [0.2, 0.25) is 10.0 Å². The van der Waals surface area contributed by atoms with Crippen molar-refractivity contribution in [1.29, 1.82) is 0 Å². The number of nitrogens with two attached hydrogens (primary N) is 1. The average Bonchev–Trinajstić information content (AvgIpc) is 3.72. The molecule has 0 radical (unpaired) electrons. The Kier molecular flexibility index (Phi) is 7.03. The molecule has 0 fully saturated rings. The first-order valence-electron chi connectivity index (χ1n) is 12.1. The van der Waals surface area contributed by atoms with Crippen LogP contribution in [0.5, 0.6) is 0 Å². The molecule has 208 valence electrons. The molecular formula is C26H20FN7O4S3. The first kappa shape index (κ1) is 27.0. The van der Waals surface area contributed by atoms with E-state index in [4.69, 9.17) is 5.14 Å². The molecule has 2 aromatic carbocycles. The van der Waals surface area contributed by atoms with Gasteiger partial charge in [-0.25, -0.2) is 32.6 Å². The number of thioether (sulfide) groups is 1. The number of carbonyl (C=O) groups excluding carboxylic acids is 1. The molecule has 0 unspecified atom stereocenters. The minimum Gasteiger partial charge on any atom is -0.301 e. The molecule has 0 spiro atoms. The summed E-state index contributed by atoms with van der Waals surface area (Å²) in [4.78, 5) is 34.2. The number of hydrazone groups is 1. The molecule has 1 atom stereocenters. The van der Waals surface area contributed by atoms with E-state index in [1.807, 2.05) is 17.5 Å². The Labute approximate surface area is 240 Å². The molecule has 4 heterocycles. The summed E-state index contributed by atoms with van der Waals surface area (Å²) in [6, 6.07) is 15.1. The summed E-state index contributed by atoms with van der Waals surface area (Å²) in [6.07, 6.45) is 1.83.